The Kier molecular flexibility index (Phi) is 7.51. The van der Waals surface area contributed by atoms with Crippen LogP contribution in [-0.2, 0) is 19.6 Å². The first-order valence-electron chi connectivity index (χ1n) is 10.9. The van der Waals surface area contributed by atoms with Gasteiger partial charge < -0.3 is 9.88 Å². The molecule has 0 spiro atoms. The monoisotopic (exact) mass is 472 g/mol. The fourth-order valence-corrected chi connectivity index (χ4v) is 4.30. The molecule has 5 rings (SSSR count). The van der Waals surface area contributed by atoms with E-state index in [-0.39, 0.29) is 12.4 Å². The van der Waals surface area contributed by atoms with E-state index in [4.69, 9.17) is 11.6 Å². The minimum absolute atomic E-state index is 0. The predicted octanol–water partition coefficient (Wildman–Crippen LogP) is 7.72. The summed E-state index contributed by atoms with van der Waals surface area (Å²) in [7, 11) is 0. The van der Waals surface area contributed by atoms with Gasteiger partial charge >= 0.3 is 0 Å². The summed E-state index contributed by atoms with van der Waals surface area (Å²) in [6.45, 7) is 2.47. The van der Waals surface area contributed by atoms with E-state index >= 15 is 0 Å². The highest BCUT2D eigenvalue weighted by Gasteiger charge is 2.11. The van der Waals surface area contributed by atoms with E-state index in [1.54, 1.807) is 0 Å². The molecule has 0 bridgehead atoms. The van der Waals surface area contributed by atoms with Crippen LogP contribution in [0.15, 0.2) is 109 Å². The number of halogens is 2. The Hall–Kier alpha value is -3.04. The van der Waals surface area contributed by atoms with E-state index in [2.05, 4.69) is 107 Å². The summed E-state index contributed by atoms with van der Waals surface area (Å²) in [4.78, 5) is 0. The number of nitrogens with zero attached hydrogens (tertiary/aromatic N) is 1. The summed E-state index contributed by atoms with van der Waals surface area (Å²) in [6, 6.07) is 36.0. The first kappa shape index (κ1) is 23.1. The van der Waals surface area contributed by atoms with Gasteiger partial charge in [0.05, 0.1) is 0 Å². The van der Waals surface area contributed by atoms with Gasteiger partial charge in [0.25, 0.3) is 0 Å². The molecule has 0 fully saturated rings. The molecule has 0 aliphatic rings. The van der Waals surface area contributed by atoms with Crippen LogP contribution < -0.4 is 5.32 Å². The average Bonchev–Trinajstić information content (AvgIpc) is 3.18. The van der Waals surface area contributed by atoms with Crippen molar-refractivity contribution in [3.8, 4) is 11.1 Å². The molecule has 0 saturated carbocycles. The summed E-state index contributed by atoms with van der Waals surface area (Å²) in [6.07, 6.45) is 2.29. The lowest BCUT2D eigenvalue weighted by atomic mass is 10.0. The molecule has 5 aromatic rings. The van der Waals surface area contributed by atoms with Crippen LogP contribution in [0, 0.1) is 0 Å². The van der Waals surface area contributed by atoms with Gasteiger partial charge in [-0.2, -0.15) is 0 Å². The summed E-state index contributed by atoms with van der Waals surface area (Å²) in [5.41, 5.74) is 7.59. The van der Waals surface area contributed by atoms with Crippen molar-refractivity contribution in [3.05, 3.63) is 131 Å². The highest BCUT2D eigenvalue weighted by atomic mass is 35.5. The minimum Gasteiger partial charge on any atom is -0.343 e. The second-order valence-electron chi connectivity index (χ2n) is 8.10. The van der Waals surface area contributed by atoms with Crippen molar-refractivity contribution < 1.29 is 0 Å². The number of rotatable bonds is 7. The average molecular weight is 473 g/mol. The molecular weight excluding hydrogens is 447 g/mol. The number of aromatic nitrogens is 1. The zero-order valence-electron chi connectivity index (χ0n) is 18.2. The molecule has 0 radical (unpaired) electrons. The molecule has 0 atom stereocenters. The highest BCUT2D eigenvalue weighted by molar-refractivity contribution is 6.30. The Labute approximate surface area is 206 Å². The van der Waals surface area contributed by atoms with Gasteiger partial charge in [0.2, 0.25) is 0 Å². The van der Waals surface area contributed by atoms with Crippen LogP contribution in [0.5, 0.6) is 0 Å². The van der Waals surface area contributed by atoms with E-state index < -0.39 is 0 Å². The van der Waals surface area contributed by atoms with Gasteiger partial charge in [-0.05, 0) is 52.1 Å². The maximum atomic E-state index is 6.02. The number of benzene rings is 4. The Morgan fingerprint density at radius 2 is 1.36 bits per heavy atom. The standard InChI is InChI=1S/C29H25ClN2.ClH/c30-27-14-11-22(12-15-27)18-31-19-26-21-32(20-23-7-3-1-4-8-23)29-16-13-25(17-28(26)29)24-9-5-2-6-10-24;/h1-17,21,31H,18-20H2;1H. The van der Waals surface area contributed by atoms with Crippen LogP contribution in [-0.4, -0.2) is 4.57 Å². The Morgan fingerprint density at radius 1 is 0.667 bits per heavy atom. The van der Waals surface area contributed by atoms with Crippen molar-refractivity contribution in [1.29, 1.82) is 0 Å². The lowest BCUT2D eigenvalue weighted by Gasteiger charge is -2.07. The van der Waals surface area contributed by atoms with Crippen LogP contribution in [0.4, 0.5) is 0 Å². The van der Waals surface area contributed by atoms with Crippen LogP contribution in [0.1, 0.15) is 16.7 Å². The quantitative estimate of drug-likeness (QED) is 0.256. The van der Waals surface area contributed by atoms with Crippen molar-refractivity contribution >= 4 is 34.9 Å². The van der Waals surface area contributed by atoms with E-state index in [0.29, 0.717) is 0 Å². The smallest absolute Gasteiger partial charge is 0.0487 e. The molecule has 0 aliphatic heterocycles. The first-order chi connectivity index (χ1) is 15.8. The second kappa shape index (κ2) is 10.7. The normalized spacial score (nSPS) is 10.8. The van der Waals surface area contributed by atoms with Crippen molar-refractivity contribution in [1.82, 2.24) is 9.88 Å². The molecular formula is C29H26Cl2N2. The maximum Gasteiger partial charge on any atom is 0.0487 e. The van der Waals surface area contributed by atoms with Gasteiger partial charge in [-0.1, -0.05) is 90.5 Å². The number of nitrogens with one attached hydrogen (secondary N) is 1. The van der Waals surface area contributed by atoms with Gasteiger partial charge in [0.15, 0.2) is 0 Å². The third-order valence-electron chi connectivity index (χ3n) is 5.82. The van der Waals surface area contributed by atoms with Crippen molar-refractivity contribution in [2.24, 2.45) is 0 Å². The fourth-order valence-electron chi connectivity index (χ4n) is 4.18. The van der Waals surface area contributed by atoms with Gasteiger partial charge in [-0.25, -0.2) is 0 Å². The third kappa shape index (κ3) is 5.48. The Balaban J connectivity index is 0.00000259. The first-order valence-corrected chi connectivity index (χ1v) is 11.3. The number of fused-ring (bicyclic) bond motifs is 1. The van der Waals surface area contributed by atoms with E-state index in [1.165, 1.54) is 38.7 Å². The van der Waals surface area contributed by atoms with E-state index in [0.717, 1.165) is 24.7 Å². The van der Waals surface area contributed by atoms with E-state index in [9.17, 15) is 0 Å². The Morgan fingerprint density at radius 3 is 2.09 bits per heavy atom. The molecule has 33 heavy (non-hydrogen) atoms. The third-order valence-corrected chi connectivity index (χ3v) is 6.08. The lowest BCUT2D eigenvalue weighted by molar-refractivity contribution is 0.692. The second-order valence-corrected chi connectivity index (χ2v) is 8.53. The highest BCUT2D eigenvalue weighted by Crippen LogP contribution is 2.29. The summed E-state index contributed by atoms with van der Waals surface area (Å²) < 4.78 is 2.36. The molecule has 4 aromatic carbocycles. The lowest BCUT2D eigenvalue weighted by Crippen LogP contribution is -2.12. The van der Waals surface area contributed by atoms with Crippen LogP contribution in [0.25, 0.3) is 22.0 Å². The summed E-state index contributed by atoms with van der Waals surface area (Å²) in [5, 5.41) is 5.68. The maximum absolute atomic E-state index is 6.02. The van der Waals surface area contributed by atoms with Crippen LogP contribution >= 0.6 is 24.0 Å². The summed E-state index contributed by atoms with van der Waals surface area (Å²) >= 11 is 6.02. The largest absolute Gasteiger partial charge is 0.343 e. The molecule has 0 amide bonds. The van der Waals surface area contributed by atoms with Gasteiger partial charge in [-0.15, -0.1) is 12.4 Å². The molecule has 0 saturated heterocycles. The molecule has 1 aromatic heterocycles. The van der Waals surface area contributed by atoms with Gasteiger partial charge in [0.1, 0.15) is 0 Å². The van der Waals surface area contributed by atoms with Crippen molar-refractivity contribution in [2.75, 3.05) is 0 Å². The number of hydrogen-bond acceptors (Lipinski definition) is 1. The Bertz CT molecular complexity index is 1310. The van der Waals surface area contributed by atoms with Crippen LogP contribution in [0.3, 0.4) is 0 Å². The minimum atomic E-state index is 0. The zero-order valence-corrected chi connectivity index (χ0v) is 19.8. The molecule has 166 valence electrons. The molecule has 2 nitrogen and oxygen atoms in total. The SMILES string of the molecule is Cl.Clc1ccc(CNCc2cn(Cc3ccccc3)c3ccc(-c4ccccc4)cc23)cc1. The molecule has 0 unspecified atom stereocenters. The fraction of sp³-hybridized carbons (Fsp3) is 0.103. The molecule has 1 N–H and O–H groups in total. The number of hydrogen-bond donors (Lipinski definition) is 1. The van der Waals surface area contributed by atoms with E-state index in [1.807, 2.05) is 12.1 Å². The van der Waals surface area contributed by atoms with Gasteiger partial charge in [0, 0.05) is 41.8 Å². The van der Waals surface area contributed by atoms with Crippen molar-refractivity contribution in [3.63, 3.8) is 0 Å². The topological polar surface area (TPSA) is 17.0 Å². The zero-order chi connectivity index (χ0) is 21.8. The molecule has 4 heteroatoms. The van der Waals surface area contributed by atoms with Crippen LogP contribution in [0.2, 0.25) is 5.02 Å². The summed E-state index contributed by atoms with van der Waals surface area (Å²) in [5.74, 6) is 0. The van der Waals surface area contributed by atoms with Gasteiger partial charge in [-0.3, -0.25) is 0 Å². The predicted molar refractivity (Wildman–Crippen MR) is 142 cm³/mol. The molecule has 1 heterocycles. The molecule has 0 aliphatic carbocycles. The van der Waals surface area contributed by atoms with Crippen molar-refractivity contribution in [2.45, 2.75) is 19.6 Å².